The zero-order valence-corrected chi connectivity index (χ0v) is 19.3. The van der Waals surface area contributed by atoms with Crippen LogP contribution in [0.15, 0.2) is 82.1 Å². The fourth-order valence-corrected chi connectivity index (χ4v) is 4.62. The number of pyridine rings is 1. The van der Waals surface area contributed by atoms with Crippen LogP contribution in [-0.2, 0) is 4.79 Å². The molecular formula is C22H15ClN6O2S2. The fourth-order valence-electron chi connectivity index (χ4n) is 3.03. The maximum Gasteiger partial charge on any atom is 0.236 e. The predicted molar refractivity (Wildman–Crippen MR) is 129 cm³/mol. The number of halogens is 1. The highest BCUT2D eigenvalue weighted by Crippen LogP contribution is 2.29. The molecule has 0 radical (unpaired) electrons. The maximum absolute atomic E-state index is 12.6. The maximum atomic E-state index is 12.6. The largest absolute Gasteiger partial charge is 0.463 e. The van der Waals surface area contributed by atoms with Gasteiger partial charge in [0.25, 0.3) is 0 Å². The molecule has 5 rings (SSSR count). The molecule has 0 fully saturated rings. The molecule has 5 aromatic rings. The van der Waals surface area contributed by atoms with Crippen LogP contribution in [0.2, 0.25) is 5.02 Å². The van der Waals surface area contributed by atoms with Crippen molar-refractivity contribution in [2.24, 2.45) is 0 Å². The zero-order chi connectivity index (χ0) is 22.6. The number of furan rings is 1. The minimum atomic E-state index is -0.198. The van der Waals surface area contributed by atoms with Gasteiger partial charge in [-0.1, -0.05) is 23.4 Å². The Bertz CT molecular complexity index is 1370. The lowest BCUT2D eigenvalue weighted by molar-refractivity contribution is -0.113. The SMILES string of the molecule is O=C(CSc1nnc(-c2ccncc2)n1-c1ccc(Cl)cc1)Nc1nc(-c2ccco2)cs1. The van der Waals surface area contributed by atoms with Crippen molar-refractivity contribution in [2.45, 2.75) is 5.16 Å². The van der Waals surface area contributed by atoms with Crippen LogP contribution >= 0.6 is 34.7 Å². The number of carbonyl (C=O) groups is 1. The highest BCUT2D eigenvalue weighted by Gasteiger charge is 2.18. The van der Waals surface area contributed by atoms with Crippen molar-refractivity contribution in [3.8, 4) is 28.5 Å². The molecule has 0 unspecified atom stereocenters. The molecule has 0 saturated heterocycles. The number of benzene rings is 1. The molecular weight excluding hydrogens is 480 g/mol. The van der Waals surface area contributed by atoms with Gasteiger partial charge < -0.3 is 9.73 Å². The smallest absolute Gasteiger partial charge is 0.236 e. The Labute approximate surface area is 201 Å². The second-order valence-electron chi connectivity index (χ2n) is 6.71. The van der Waals surface area contributed by atoms with Gasteiger partial charge in [-0.3, -0.25) is 14.3 Å². The molecule has 0 saturated carbocycles. The number of carbonyl (C=O) groups excluding carboxylic acids is 1. The van der Waals surface area contributed by atoms with Gasteiger partial charge in [0.05, 0.1) is 12.0 Å². The molecule has 0 aliphatic heterocycles. The first-order valence-electron chi connectivity index (χ1n) is 9.71. The number of rotatable bonds is 7. The Morgan fingerprint density at radius 1 is 1.12 bits per heavy atom. The average Bonchev–Trinajstić information content (AvgIpc) is 3.60. The van der Waals surface area contributed by atoms with Crippen molar-refractivity contribution < 1.29 is 9.21 Å². The Hall–Kier alpha value is -3.47. The Morgan fingerprint density at radius 3 is 2.70 bits per heavy atom. The van der Waals surface area contributed by atoms with Crippen LogP contribution < -0.4 is 5.32 Å². The topological polar surface area (TPSA) is 98.7 Å². The summed E-state index contributed by atoms with van der Waals surface area (Å²) < 4.78 is 7.23. The van der Waals surface area contributed by atoms with Gasteiger partial charge in [0.15, 0.2) is 21.9 Å². The summed E-state index contributed by atoms with van der Waals surface area (Å²) in [6.45, 7) is 0. The lowest BCUT2D eigenvalue weighted by Gasteiger charge is -2.10. The third-order valence-electron chi connectivity index (χ3n) is 4.51. The molecule has 4 aromatic heterocycles. The number of anilines is 1. The Kier molecular flexibility index (Phi) is 6.20. The average molecular weight is 495 g/mol. The summed E-state index contributed by atoms with van der Waals surface area (Å²) in [6.07, 6.45) is 4.98. The van der Waals surface area contributed by atoms with E-state index in [0.717, 1.165) is 11.3 Å². The number of aromatic nitrogens is 5. The summed E-state index contributed by atoms with van der Waals surface area (Å²) in [5, 5.41) is 15.0. The van der Waals surface area contributed by atoms with Crippen molar-refractivity contribution in [3.05, 3.63) is 77.6 Å². The van der Waals surface area contributed by atoms with Gasteiger partial charge >= 0.3 is 0 Å². The molecule has 4 heterocycles. The molecule has 1 N–H and O–H groups in total. The summed E-state index contributed by atoms with van der Waals surface area (Å²) in [5.41, 5.74) is 2.37. The van der Waals surface area contributed by atoms with Gasteiger partial charge in [0.1, 0.15) is 5.69 Å². The third-order valence-corrected chi connectivity index (χ3v) is 6.45. The molecule has 0 spiro atoms. The van der Waals surface area contributed by atoms with E-state index in [9.17, 15) is 4.79 Å². The quantitative estimate of drug-likeness (QED) is 0.301. The van der Waals surface area contributed by atoms with Crippen molar-refractivity contribution in [1.82, 2.24) is 24.7 Å². The second kappa shape index (κ2) is 9.57. The van der Waals surface area contributed by atoms with E-state index in [1.165, 1.54) is 23.1 Å². The minimum Gasteiger partial charge on any atom is -0.463 e. The van der Waals surface area contributed by atoms with E-state index < -0.39 is 0 Å². The van der Waals surface area contributed by atoms with Crippen LogP contribution in [0, 0.1) is 0 Å². The predicted octanol–water partition coefficient (Wildman–Crippen LogP) is 5.43. The number of nitrogens with one attached hydrogen (secondary N) is 1. The molecule has 1 aromatic carbocycles. The van der Waals surface area contributed by atoms with E-state index in [4.69, 9.17) is 16.0 Å². The van der Waals surface area contributed by atoms with Gasteiger partial charge in [0.2, 0.25) is 5.91 Å². The number of thioether (sulfide) groups is 1. The van der Waals surface area contributed by atoms with E-state index in [-0.39, 0.29) is 11.7 Å². The van der Waals surface area contributed by atoms with E-state index >= 15 is 0 Å². The summed E-state index contributed by atoms with van der Waals surface area (Å²) in [5.74, 6) is 1.24. The van der Waals surface area contributed by atoms with E-state index in [1.54, 1.807) is 36.9 Å². The van der Waals surface area contributed by atoms with Crippen LogP contribution in [0.5, 0.6) is 0 Å². The first-order chi connectivity index (χ1) is 16.2. The Morgan fingerprint density at radius 2 is 1.94 bits per heavy atom. The molecule has 11 heteroatoms. The summed E-state index contributed by atoms with van der Waals surface area (Å²) in [7, 11) is 0. The van der Waals surface area contributed by atoms with Crippen molar-refractivity contribution in [2.75, 3.05) is 11.1 Å². The van der Waals surface area contributed by atoms with Crippen LogP contribution in [-0.4, -0.2) is 36.4 Å². The van der Waals surface area contributed by atoms with Gasteiger partial charge in [-0.05, 0) is 48.5 Å². The lowest BCUT2D eigenvalue weighted by atomic mass is 10.2. The number of hydrogen-bond acceptors (Lipinski definition) is 8. The molecule has 0 atom stereocenters. The minimum absolute atomic E-state index is 0.137. The van der Waals surface area contributed by atoms with Gasteiger partial charge in [-0.2, -0.15) is 0 Å². The van der Waals surface area contributed by atoms with Crippen LogP contribution in [0.4, 0.5) is 5.13 Å². The van der Waals surface area contributed by atoms with Crippen LogP contribution in [0.3, 0.4) is 0 Å². The molecule has 8 nitrogen and oxygen atoms in total. The zero-order valence-electron chi connectivity index (χ0n) is 16.9. The fraction of sp³-hybridized carbons (Fsp3) is 0.0455. The summed E-state index contributed by atoms with van der Waals surface area (Å²) in [6, 6.07) is 14.7. The van der Waals surface area contributed by atoms with Crippen LogP contribution in [0.1, 0.15) is 0 Å². The molecule has 0 aliphatic rings. The number of nitrogens with zero attached hydrogens (tertiary/aromatic N) is 5. The normalized spacial score (nSPS) is 10.9. The van der Waals surface area contributed by atoms with Crippen molar-refractivity contribution >= 4 is 45.7 Å². The number of thiazole rings is 1. The first kappa shape index (κ1) is 21.4. The van der Waals surface area contributed by atoms with Crippen molar-refractivity contribution in [1.29, 1.82) is 0 Å². The summed E-state index contributed by atoms with van der Waals surface area (Å²) in [4.78, 5) is 21.0. The monoisotopic (exact) mass is 494 g/mol. The lowest BCUT2D eigenvalue weighted by Crippen LogP contribution is -2.14. The third kappa shape index (κ3) is 4.82. The van der Waals surface area contributed by atoms with Gasteiger partial charge in [-0.15, -0.1) is 21.5 Å². The number of amides is 1. The van der Waals surface area contributed by atoms with E-state index in [1.807, 2.05) is 40.3 Å². The summed E-state index contributed by atoms with van der Waals surface area (Å²) >= 11 is 8.68. The van der Waals surface area contributed by atoms with Gasteiger partial charge in [-0.25, -0.2) is 4.98 Å². The molecule has 0 bridgehead atoms. The molecule has 33 heavy (non-hydrogen) atoms. The van der Waals surface area contributed by atoms with Gasteiger partial charge in [0, 0.05) is 34.0 Å². The second-order valence-corrected chi connectivity index (χ2v) is 8.94. The molecule has 1 amide bonds. The highest BCUT2D eigenvalue weighted by molar-refractivity contribution is 7.99. The van der Waals surface area contributed by atoms with Crippen LogP contribution in [0.25, 0.3) is 28.5 Å². The van der Waals surface area contributed by atoms with Crippen molar-refractivity contribution in [3.63, 3.8) is 0 Å². The highest BCUT2D eigenvalue weighted by atomic mass is 35.5. The first-order valence-corrected chi connectivity index (χ1v) is 12.0. The standard InChI is InChI=1S/C22H15ClN6O2S2/c23-15-3-5-16(6-4-15)29-20(14-7-9-24-10-8-14)27-28-22(29)33-13-19(30)26-21-25-17(12-32-21)18-2-1-11-31-18/h1-12H,13H2,(H,25,26,30). The molecule has 0 aliphatic carbocycles. The van der Waals surface area contributed by atoms with E-state index in [2.05, 4.69) is 25.5 Å². The van der Waals surface area contributed by atoms with E-state index in [0.29, 0.717) is 32.6 Å². The molecule has 164 valence electrons. The Balaban J connectivity index is 1.34. The number of hydrogen-bond donors (Lipinski definition) is 1.